The number of rotatable bonds is 8. The average Bonchev–Trinajstić information content (AvgIpc) is 3.60. The van der Waals surface area contributed by atoms with E-state index in [0.29, 0.717) is 12.4 Å². The third kappa shape index (κ3) is 6.80. The second-order valence-corrected chi connectivity index (χ2v) is 10.7. The summed E-state index contributed by atoms with van der Waals surface area (Å²) in [6, 6.07) is 14.4. The molecule has 212 valence electrons. The molecule has 1 aliphatic rings. The number of ether oxygens (including phenoxy) is 1. The van der Waals surface area contributed by atoms with Crippen LogP contribution >= 0.6 is 11.3 Å². The van der Waals surface area contributed by atoms with Gasteiger partial charge in [-0.25, -0.2) is 14.4 Å². The molecule has 1 amide bonds. The summed E-state index contributed by atoms with van der Waals surface area (Å²) in [6.07, 6.45) is 6.74. The minimum Gasteiger partial charge on any atom is -0.379 e. The van der Waals surface area contributed by atoms with E-state index in [0.717, 1.165) is 70.1 Å². The molecule has 0 spiro atoms. The van der Waals surface area contributed by atoms with Crippen molar-refractivity contribution in [2.24, 2.45) is 0 Å². The number of nitrogens with one attached hydrogen (secondary N) is 2. The van der Waals surface area contributed by atoms with Gasteiger partial charge in [-0.2, -0.15) is 5.10 Å². The van der Waals surface area contributed by atoms with Crippen LogP contribution in [0.25, 0.3) is 21.1 Å². The fourth-order valence-electron chi connectivity index (χ4n) is 4.67. The number of amides is 1. The van der Waals surface area contributed by atoms with Gasteiger partial charge in [-0.05, 0) is 42.0 Å². The quantitative estimate of drug-likeness (QED) is 0.208. The number of fused-ring (bicyclic) bond motifs is 2. The molecule has 2 aromatic carbocycles. The van der Waals surface area contributed by atoms with E-state index in [1.54, 1.807) is 18.3 Å². The first-order valence-corrected chi connectivity index (χ1v) is 14.4. The van der Waals surface area contributed by atoms with Gasteiger partial charge in [0.1, 0.15) is 22.8 Å². The summed E-state index contributed by atoms with van der Waals surface area (Å²) in [7, 11) is 0. The number of carbonyl (C=O) groups excluding carboxylic acids is 1. The number of halogens is 1. The smallest absolute Gasteiger partial charge is 0.244 e. The highest BCUT2D eigenvalue weighted by atomic mass is 32.1. The summed E-state index contributed by atoms with van der Waals surface area (Å²) < 4.78 is 20.8. The Morgan fingerprint density at radius 3 is 2.93 bits per heavy atom. The second-order valence-electron chi connectivity index (χ2n) is 9.72. The molecular weight excluding hydrogens is 553 g/mol. The van der Waals surface area contributed by atoms with Gasteiger partial charge in [0, 0.05) is 36.8 Å². The van der Waals surface area contributed by atoms with Gasteiger partial charge in [0.2, 0.25) is 5.91 Å². The molecule has 1 saturated heterocycles. The Morgan fingerprint density at radius 1 is 1.14 bits per heavy atom. The molecule has 11 heteroatoms. The molecule has 2 N–H and O–H groups in total. The molecule has 1 aliphatic heterocycles. The minimum atomic E-state index is -0.260. The van der Waals surface area contributed by atoms with Crippen molar-refractivity contribution in [2.75, 3.05) is 44.7 Å². The van der Waals surface area contributed by atoms with Gasteiger partial charge in [0.05, 0.1) is 48.3 Å². The van der Waals surface area contributed by atoms with Crippen LogP contribution in [0.2, 0.25) is 0 Å². The molecule has 3 aromatic heterocycles. The highest BCUT2D eigenvalue weighted by Crippen LogP contribution is 2.30. The molecular formula is C31H28FN7O2S. The summed E-state index contributed by atoms with van der Waals surface area (Å²) in [5.74, 6) is 6.38. The summed E-state index contributed by atoms with van der Waals surface area (Å²) in [5, 5.41) is 12.5. The first-order valence-electron chi connectivity index (χ1n) is 13.6. The third-order valence-electron chi connectivity index (χ3n) is 6.75. The number of carbonyl (C=O) groups is 1. The van der Waals surface area contributed by atoms with E-state index in [-0.39, 0.29) is 18.3 Å². The lowest BCUT2D eigenvalue weighted by Crippen LogP contribution is -2.36. The Kier molecular flexibility index (Phi) is 8.46. The number of thiophene rings is 1. The first kappa shape index (κ1) is 27.5. The van der Waals surface area contributed by atoms with Gasteiger partial charge in [0.15, 0.2) is 0 Å². The zero-order valence-corrected chi connectivity index (χ0v) is 23.5. The highest BCUT2D eigenvalue weighted by molar-refractivity contribution is 7.19. The normalized spacial score (nSPS) is 13.8. The maximum atomic E-state index is 13.6. The van der Waals surface area contributed by atoms with E-state index in [4.69, 9.17) is 4.74 Å². The van der Waals surface area contributed by atoms with Crippen LogP contribution < -0.4 is 10.6 Å². The van der Waals surface area contributed by atoms with Gasteiger partial charge in [-0.3, -0.25) is 14.4 Å². The van der Waals surface area contributed by atoms with Crippen molar-refractivity contribution in [2.45, 2.75) is 6.54 Å². The molecule has 4 heterocycles. The molecule has 0 atom stereocenters. The second kappa shape index (κ2) is 12.9. The molecule has 0 bridgehead atoms. The van der Waals surface area contributed by atoms with E-state index in [9.17, 15) is 9.18 Å². The number of nitrogens with zero attached hydrogens (tertiary/aromatic N) is 5. The van der Waals surface area contributed by atoms with Gasteiger partial charge >= 0.3 is 0 Å². The molecule has 0 aliphatic carbocycles. The molecule has 0 unspecified atom stereocenters. The van der Waals surface area contributed by atoms with Gasteiger partial charge in [-0.1, -0.05) is 30.0 Å². The lowest BCUT2D eigenvalue weighted by atomic mass is 10.2. The SMILES string of the molecule is O=C(C=CCN1CCOCC1)NCC#Cc1cc2c(Nc3ccc4c(cnn4Cc4cccc(F)c4)c3)ncnc2s1. The third-order valence-corrected chi connectivity index (χ3v) is 7.71. The van der Waals surface area contributed by atoms with Crippen molar-refractivity contribution >= 4 is 49.9 Å². The molecule has 0 radical (unpaired) electrons. The van der Waals surface area contributed by atoms with Gasteiger partial charge in [-0.15, -0.1) is 11.3 Å². The van der Waals surface area contributed by atoms with Crippen LogP contribution in [0.1, 0.15) is 10.4 Å². The van der Waals surface area contributed by atoms with E-state index in [2.05, 4.69) is 42.4 Å². The van der Waals surface area contributed by atoms with Crippen LogP contribution in [0.5, 0.6) is 0 Å². The van der Waals surface area contributed by atoms with Gasteiger partial charge < -0.3 is 15.4 Å². The number of anilines is 2. The van der Waals surface area contributed by atoms with Crippen molar-refractivity contribution in [3.8, 4) is 11.8 Å². The fourth-order valence-corrected chi connectivity index (χ4v) is 5.54. The first-order chi connectivity index (χ1) is 20.6. The number of hydrogen-bond acceptors (Lipinski definition) is 8. The molecule has 1 fully saturated rings. The van der Waals surface area contributed by atoms with Crippen molar-refractivity contribution < 1.29 is 13.9 Å². The molecule has 5 aromatic rings. The monoisotopic (exact) mass is 581 g/mol. The van der Waals surface area contributed by atoms with Crippen LogP contribution in [0.4, 0.5) is 15.9 Å². The molecule has 42 heavy (non-hydrogen) atoms. The summed E-state index contributed by atoms with van der Waals surface area (Å²) >= 11 is 1.47. The average molecular weight is 582 g/mol. The van der Waals surface area contributed by atoms with Crippen LogP contribution in [0.3, 0.4) is 0 Å². The lowest BCUT2D eigenvalue weighted by Gasteiger charge is -2.24. The molecule has 6 rings (SSSR count). The van der Waals surface area contributed by atoms with Crippen molar-refractivity contribution in [3.05, 3.63) is 89.5 Å². The molecule has 0 saturated carbocycles. The van der Waals surface area contributed by atoms with Gasteiger partial charge in [0.25, 0.3) is 0 Å². The predicted molar refractivity (Wildman–Crippen MR) is 162 cm³/mol. The Bertz CT molecular complexity index is 1810. The Labute approximate surface area is 246 Å². The molecule has 9 nitrogen and oxygen atoms in total. The van der Waals surface area contributed by atoms with Crippen molar-refractivity contribution in [3.63, 3.8) is 0 Å². The maximum absolute atomic E-state index is 13.6. The largest absolute Gasteiger partial charge is 0.379 e. The fraction of sp³-hybridized carbons (Fsp3) is 0.226. The number of morpholine rings is 1. The predicted octanol–water partition coefficient (Wildman–Crippen LogP) is 4.33. The van der Waals surface area contributed by atoms with Crippen molar-refractivity contribution in [1.82, 2.24) is 30.0 Å². The summed E-state index contributed by atoms with van der Waals surface area (Å²) in [5.41, 5.74) is 2.65. The van der Waals surface area contributed by atoms with E-state index < -0.39 is 0 Å². The van der Waals surface area contributed by atoms with Crippen LogP contribution in [0.15, 0.2) is 73.2 Å². The van der Waals surface area contributed by atoms with E-state index >= 15 is 0 Å². The van der Waals surface area contributed by atoms with Crippen LogP contribution in [0, 0.1) is 17.7 Å². The Morgan fingerprint density at radius 2 is 2.05 bits per heavy atom. The number of benzene rings is 2. The zero-order valence-electron chi connectivity index (χ0n) is 22.7. The van der Waals surface area contributed by atoms with E-state index in [1.807, 2.05) is 41.1 Å². The lowest BCUT2D eigenvalue weighted by molar-refractivity contribution is -0.116. The topological polar surface area (TPSA) is 97.2 Å². The highest BCUT2D eigenvalue weighted by Gasteiger charge is 2.11. The summed E-state index contributed by atoms with van der Waals surface area (Å²) in [4.78, 5) is 24.8. The number of aromatic nitrogens is 4. The van der Waals surface area contributed by atoms with Crippen LogP contribution in [-0.2, 0) is 16.1 Å². The van der Waals surface area contributed by atoms with Crippen LogP contribution in [-0.4, -0.2) is 69.9 Å². The zero-order chi connectivity index (χ0) is 28.7. The summed E-state index contributed by atoms with van der Waals surface area (Å²) in [6.45, 7) is 4.70. The maximum Gasteiger partial charge on any atom is 0.244 e. The standard InChI is InChI=1S/C31H28FN7O2S/c32-24-5-1-4-22(16-24)20-39-28-9-8-25(17-23(28)19-36-39)37-30-27-18-26(42-31(27)35-21-34-30)6-2-10-33-29(40)7-3-11-38-12-14-41-15-13-38/h1,3-5,7-9,16-19,21H,10-15,20H2,(H,33,40)(H,34,35,37). The minimum absolute atomic E-state index is 0.164. The van der Waals surface area contributed by atoms with E-state index in [1.165, 1.54) is 29.8 Å². The number of hydrogen-bond donors (Lipinski definition) is 2. The Hall–Kier alpha value is -4.63. The Balaban J connectivity index is 1.08. The van der Waals surface area contributed by atoms with Crippen molar-refractivity contribution in [1.29, 1.82) is 0 Å².